The summed E-state index contributed by atoms with van der Waals surface area (Å²) in [4.78, 5) is 27.5. The molecule has 2 aromatic carbocycles. The predicted molar refractivity (Wildman–Crippen MR) is 138 cm³/mol. The Morgan fingerprint density at radius 2 is 1.57 bits per heavy atom. The van der Waals surface area contributed by atoms with Gasteiger partial charge in [0.15, 0.2) is 0 Å². The Labute approximate surface area is 211 Å². The number of aliphatic hydroxyl groups is 1. The van der Waals surface area contributed by atoms with Gasteiger partial charge in [-0.2, -0.15) is 0 Å². The number of carbonyl (C=O) groups excluding carboxylic acids is 2. The number of nitrogens with one attached hydrogen (secondary N) is 1. The normalized spacial score (nSPS) is 16.5. The largest absolute Gasteiger partial charge is 0.463 e. The molecule has 7 heteroatoms. The van der Waals surface area contributed by atoms with Crippen molar-refractivity contribution in [3.63, 3.8) is 0 Å². The Morgan fingerprint density at radius 3 is 2.20 bits per heavy atom. The van der Waals surface area contributed by atoms with Crippen LogP contribution in [0.15, 0.2) is 82.0 Å². The molecule has 0 bridgehead atoms. The van der Waals surface area contributed by atoms with E-state index in [0.717, 1.165) is 16.0 Å². The Morgan fingerprint density at radius 1 is 0.971 bits per heavy atom. The van der Waals surface area contributed by atoms with Crippen LogP contribution in [-0.2, 0) is 19.1 Å². The highest BCUT2D eigenvalue weighted by molar-refractivity contribution is 7.98. The Balaban J connectivity index is 2.12. The summed E-state index contributed by atoms with van der Waals surface area (Å²) in [5.41, 5.74) is 3.69. The van der Waals surface area contributed by atoms with Crippen molar-refractivity contribution in [3.8, 4) is 0 Å². The Hall–Kier alpha value is -3.03. The number of esters is 2. The maximum absolute atomic E-state index is 13.4. The average molecular weight is 496 g/mol. The van der Waals surface area contributed by atoms with Crippen molar-refractivity contribution in [1.82, 2.24) is 5.32 Å². The summed E-state index contributed by atoms with van der Waals surface area (Å²) in [5.74, 6) is -1.61. The molecule has 0 amide bonds. The Bertz CT molecular complexity index is 1110. The lowest BCUT2D eigenvalue weighted by Gasteiger charge is -2.32. The van der Waals surface area contributed by atoms with Crippen molar-refractivity contribution in [1.29, 1.82) is 0 Å². The lowest BCUT2D eigenvalue weighted by atomic mass is 9.79. The van der Waals surface area contributed by atoms with E-state index >= 15 is 0 Å². The zero-order valence-electron chi connectivity index (χ0n) is 20.7. The molecule has 2 aromatic rings. The third kappa shape index (κ3) is 6.16. The van der Waals surface area contributed by atoms with Gasteiger partial charge in [-0.1, -0.05) is 48.5 Å². The first-order chi connectivity index (χ1) is 16.9. The van der Waals surface area contributed by atoms with Crippen LogP contribution in [0, 0.1) is 0 Å². The third-order valence-electron chi connectivity index (χ3n) is 5.94. The first-order valence-corrected chi connectivity index (χ1v) is 13.1. The topological polar surface area (TPSA) is 84.9 Å². The molecule has 0 aromatic heterocycles. The van der Waals surface area contributed by atoms with Gasteiger partial charge in [-0.25, -0.2) is 9.59 Å². The number of allylic oxidation sites excluding steroid dienone is 2. The summed E-state index contributed by atoms with van der Waals surface area (Å²) >= 11 is 1.55. The quantitative estimate of drug-likeness (QED) is 0.343. The van der Waals surface area contributed by atoms with E-state index in [4.69, 9.17) is 9.47 Å². The number of hydrogen-bond donors (Lipinski definition) is 2. The lowest BCUT2D eigenvalue weighted by molar-refractivity contribution is -0.139. The van der Waals surface area contributed by atoms with Crippen LogP contribution in [0.4, 0.5) is 0 Å². The number of thioether (sulfide) groups is 1. The van der Waals surface area contributed by atoms with Crippen molar-refractivity contribution in [2.24, 2.45) is 0 Å². The Kier molecular flexibility index (Phi) is 9.57. The SMILES string of the molecule is CCOC(=O)C1=C(C)NC(CCC(O)c2ccccc2)=C(C(=O)OCC)C1c1ccccc1SC. The van der Waals surface area contributed by atoms with Crippen molar-refractivity contribution >= 4 is 23.7 Å². The summed E-state index contributed by atoms with van der Waals surface area (Å²) in [6.07, 6.45) is 2.07. The highest BCUT2D eigenvalue weighted by Crippen LogP contribution is 2.43. The standard InChI is InChI=1S/C28H33NO5S/c1-5-33-27(31)24-18(3)29-21(16-17-22(30)19-12-8-7-9-13-19)26(28(32)34-6-2)25(24)20-14-10-11-15-23(20)35-4/h7-15,22,25,29-30H,5-6,16-17H2,1-4H3. The minimum Gasteiger partial charge on any atom is -0.463 e. The number of carbonyl (C=O) groups is 2. The molecule has 0 aliphatic carbocycles. The molecule has 0 saturated heterocycles. The van der Waals surface area contributed by atoms with E-state index in [-0.39, 0.29) is 13.2 Å². The summed E-state index contributed by atoms with van der Waals surface area (Å²) in [6.45, 7) is 5.76. The van der Waals surface area contributed by atoms with E-state index < -0.39 is 24.0 Å². The van der Waals surface area contributed by atoms with Gasteiger partial charge in [-0.05, 0) is 57.1 Å². The molecule has 2 N–H and O–H groups in total. The van der Waals surface area contributed by atoms with E-state index in [1.54, 1.807) is 25.6 Å². The fourth-order valence-electron chi connectivity index (χ4n) is 4.36. The highest BCUT2D eigenvalue weighted by atomic mass is 32.2. The third-order valence-corrected chi connectivity index (χ3v) is 6.75. The first kappa shape index (κ1) is 26.6. The van der Waals surface area contributed by atoms with Crippen LogP contribution >= 0.6 is 11.8 Å². The van der Waals surface area contributed by atoms with E-state index in [0.29, 0.717) is 35.4 Å². The number of rotatable bonds is 10. The molecule has 6 nitrogen and oxygen atoms in total. The van der Waals surface area contributed by atoms with Gasteiger partial charge < -0.3 is 19.9 Å². The van der Waals surface area contributed by atoms with Crippen LogP contribution in [0.3, 0.4) is 0 Å². The van der Waals surface area contributed by atoms with Crippen LogP contribution in [0.1, 0.15) is 56.8 Å². The summed E-state index contributed by atoms with van der Waals surface area (Å²) in [5, 5.41) is 14.0. The number of ether oxygens (including phenoxy) is 2. The van der Waals surface area contributed by atoms with Crippen LogP contribution < -0.4 is 5.32 Å². The molecular formula is C28H33NO5S. The summed E-state index contributed by atoms with van der Waals surface area (Å²) < 4.78 is 10.9. The predicted octanol–water partition coefficient (Wildman–Crippen LogP) is 5.26. The van der Waals surface area contributed by atoms with Crippen LogP contribution in [-0.4, -0.2) is 36.5 Å². The first-order valence-electron chi connectivity index (χ1n) is 11.8. The molecule has 2 atom stereocenters. The van der Waals surface area contributed by atoms with E-state index in [1.165, 1.54) is 0 Å². The lowest BCUT2D eigenvalue weighted by Crippen LogP contribution is -2.33. The van der Waals surface area contributed by atoms with Crippen LogP contribution in [0.5, 0.6) is 0 Å². The molecule has 2 unspecified atom stereocenters. The molecule has 186 valence electrons. The second-order valence-electron chi connectivity index (χ2n) is 8.14. The zero-order valence-corrected chi connectivity index (χ0v) is 21.5. The monoisotopic (exact) mass is 495 g/mol. The second-order valence-corrected chi connectivity index (χ2v) is 8.99. The number of benzene rings is 2. The highest BCUT2D eigenvalue weighted by Gasteiger charge is 2.39. The van der Waals surface area contributed by atoms with Crippen LogP contribution in [0.2, 0.25) is 0 Å². The average Bonchev–Trinajstić information content (AvgIpc) is 2.87. The second kappa shape index (κ2) is 12.6. The maximum Gasteiger partial charge on any atom is 0.336 e. The number of dihydropyridines is 1. The molecule has 3 rings (SSSR count). The summed E-state index contributed by atoms with van der Waals surface area (Å²) in [6, 6.07) is 17.2. The fraction of sp³-hybridized carbons (Fsp3) is 0.357. The van der Waals surface area contributed by atoms with Crippen LogP contribution in [0.25, 0.3) is 0 Å². The van der Waals surface area contributed by atoms with Gasteiger partial charge >= 0.3 is 11.9 Å². The molecule has 0 saturated carbocycles. The van der Waals surface area contributed by atoms with E-state index in [9.17, 15) is 14.7 Å². The molecule has 1 aliphatic rings. The fourth-order valence-corrected chi connectivity index (χ4v) is 5.00. The van der Waals surface area contributed by atoms with Gasteiger partial charge in [-0.15, -0.1) is 11.8 Å². The van der Waals surface area contributed by atoms with Gasteiger partial charge in [-0.3, -0.25) is 0 Å². The van der Waals surface area contributed by atoms with E-state index in [1.807, 2.05) is 67.8 Å². The molecule has 1 heterocycles. The molecule has 0 radical (unpaired) electrons. The molecular weight excluding hydrogens is 462 g/mol. The molecule has 0 fully saturated rings. The minimum absolute atomic E-state index is 0.205. The van der Waals surface area contributed by atoms with E-state index in [2.05, 4.69) is 5.32 Å². The summed E-state index contributed by atoms with van der Waals surface area (Å²) in [7, 11) is 0. The van der Waals surface area contributed by atoms with Crippen molar-refractivity contribution in [2.45, 2.75) is 50.5 Å². The molecule has 1 aliphatic heterocycles. The zero-order chi connectivity index (χ0) is 25.4. The minimum atomic E-state index is -0.693. The smallest absolute Gasteiger partial charge is 0.336 e. The van der Waals surface area contributed by atoms with Gasteiger partial charge in [0.25, 0.3) is 0 Å². The van der Waals surface area contributed by atoms with Gasteiger partial charge in [0.1, 0.15) is 0 Å². The van der Waals surface area contributed by atoms with Gasteiger partial charge in [0.05, 0.1) is 36.4 Å². The number of hydrogen-bond acceptors (Lipinski definition) is 7. The van der Waals surface area contributed by atoms with Gasteiger partial charge in [0.2, 0.25) is 0 Å². The van der Waals surface area contributed by atoms with Crippen molar-refractivity contribution < 1.29 is 24.2 Å². The van der Waals surface area contributed by atoms with Crippen molar-refractivity contribution in [2.75, 3.05) is 19.5 Å². The number of aliphatic hydroxyl groups excluding tert-OH is 1. The van der Waals surface area contributed by atoms with Gasteiger partial charge in [0, 0.05) is 16.3 Å². The maximum atomic E-state index is 13.4. The molecule has 35 heavy (non-hydrogen) atoms. The van der Waals surface area contributed by atoms with Crippen molar-refractivity contribution in [3.05, 3.63) is 88.3 Å². The molecule has 0 spiro atoms.